The minimum atomic E-state index is 0.00254. The summed E-state index contributed by atoms with van der Waals surface area (Å²) in [5.41, 5.74) is 2.49. The minimum Gasteiger partial charge on any atom is -0.464 e. The fraction of sp³-hybridized carbons (Fsp3) is 0.467. The van der Waals surface area contributed by atoms with Gasteiger partial charge in [-0.05, 0) is 31.4 Å². The number of carbonyl (C=O) groups is 1. The highest BCUT2D eigenvalue weighted by atomic mass is 32.1. The van der Waals surface area contributed by atoms with Crippen molar-refractivity contribution in [3.8, 4) is 0 Å². The molecule has 0 bridgehead atoms. The average molecular weight is 290 g/mol. The fourth-order valence-corrected chi connectivity index (χ4v) is 3.18. The summed E-state index contributed by atoms with van der Waals surface area (Å²) in [7, 11) is 1.80. The highest BCUT2D eigenvalue weighted by molar-refractivity contribution is 7.11. The van der Waals surface area contributed by atoms with Crippen LogP contribution < -0.4 is 0 Å². The lowest BCUT2D eigenvalue weighted by Crippen LogP contribution is -2.25. The van der Waals surface area contributed by atoms with E-state index >= 15 is 0 Å². The molecule has 2 unspecified atom stereocenters. The van der Waals surface area contributed by atoms with E-state index in [1.165, 1.54) is 17.8 Å². The quantitative estimate of drug-likeness (QED) is 0.866. The fourth-order valence-electron chi connectivity index (χ4n) is 2.38. The van der Waals surface area contributed by atoms with Crippen LogP contribution in [0.2, 0.25) is 0 Å². The molecule has 1 fully saturated rings. The molecule has 106 valence electrons. The van der Waals surface area contributed by atoms with E-state index in [0.29, 0.717) is 17.3 Å². The van der Waals surface area contributed by atoms with Gasteiger partial charge in [0.1, 0.15) is 16.4 Å². The molecule has 0 spiro atoms. The van der Waals surface area contributed by atoms with E-state index in [9.17, 15) is 4.79 Å². The van der Waals surface area contributed by atoms with E-state index in [4.69, 9.17) is 4.42 Å². The lowest BCUT2D eigenvalue weighted by Gasteiger charge is -2.14. The van der Waals surface area contributed by atoms with Gasteiger partial charge in [0.15, 0.2) is 0 Å². The summed E-state index contributed by atoms with van der Waals surface area (Å²) in [6, 6.07) is 4.02. The summed E-state index contributed by atoms with van der Waals surface area (Å²) < 4.78 is 5.84. The third-order valence-electron chi connectivity index (χ3n) is 3.84. The first kappa shape index (κ1) is 13.4. The van der Waals surface area contributed by atoms with Crippen molar-refractivity contribution in [1.29, 1.82) is 0 Å². The highest BCUT2D eigenvalue weighted by Crippen LogP contribution is 2.47. The van der Waals surface area contributed by atoms with Gasteiger partial charge in [-0.2, -0.15) is 0 Å². The van der Waals surface area contributed by atoms with E-state index in [1.54, 1.807) is 17.5 Å². The topological polar surface area (TPSA) is 46.3 Å². The van der Waals surface area contributed by atoms with Crippen LogP contribution in [0.1, 0.15) is 46.1 Å². The molecule has 1 amide bonds. The number of aromatic nitrogens is 1. The lowest BCUT2D eigenvalue weighted by molar-refractivity contribution is 0.0778. The van der Waals surface area contributed by atoms with Crippen LogP contribution in [-0.4, -0.2) is 22.8 Å². The van der Waals surface area contributed by atoms with Crippen molar-refractivity contribution in [3.05, 3.63) is 39.7 Å². The van der Waals surface area contributed by atoms with Crippen LogP contribution in [0.4, 0.5) is 0 Å². The number of nitrogens with zero attached hydrogens (tertiary/aromatic N) is 2. The summed E-state index contributed by atoms with van der Waals surface area (Å²) in [6.45, 7) is 4.59. The molecule has 20 heavy (non-hydrogen) atoms. The van der Waals surface area contributed by atoms with Gasteiger partial charge in [0.25, 0.3) is 5.91 Å². The van der Waals surface area contributed by atoms with E-state index < -0.39 is 0 Å². The molecule has 0 N–H and O–H groups in total. The number of amides is 1. The summed E-state index contributed by atoms with van der Waals surface area (Å²) in [5.74, 6) is 3.21. The van der Waals surface area contributed by atoms with Gasteiger partial charge in [-0.1, -0.05) is 6.92 Å². The maximum atomic E-state index is 12.3. The van der Waals surface area contributed by atoms with Crippen LogP contribution >= 0.6 is 11.3 Å². The zero-order valence-electron chi connectivity index (χ0n) is 11.9. The molecule has 0 aromatic carbocycles. The Morgan fingerprint density at radius 1 is 1.55 bits per heavy atom. The Morgan fingerprint density at radius 3 is 2.90 bits per heavy atom. The zero-order chi connectivity index (χ0) is 14.3. The Balaban J connectivity index is 1.66. The highest BCUT2D eigenvalue weighted by Gasteiger charge is 2.36. The molecule has 1 aliphatic rings. The second kappa shape index (κ2) is 5.05. The van der Waals surface area contributed by atoms with E-state index in [0.717, 1.165) is 23.1 Å². The number of hydrogen-bond donors (Lipinski definition) is 0. The van der Waals surface area contributed by atoms with E-state index in [-0.39, 0.29) is 5.91 Å². The maximum absolute atomic E-state index is 12.3. The zero-order valence-corrected chi connectivity index (χ0v) is 12.7. The standard InChI is InChI=1S/C15H18N2O2S/c1-9-6-12(9)13-5-4-11(19-13)7-17(3)15(18)14-10(2)16-8-20-14/h4-5,8-9,12H,6-7H2,1-3H3. The second-order valence-electron chi connectivity index (χ2n) is 5.55. The Kier molecular flexibility index (Phi) is 3.38. The van der Waals surface area contributed by atoms with Crippen LogP contribution in [0.5, 0.6) is 0 Å². The molecule has 5 heteroatoms. The van der Waals surface area contributed by atoms with Crippen LogP contribution in [0.3, 0.4) is 0 Å². The first-order valence-corrected chi connectivity index (χ1v) is 7.68. The molecule has 3 rings (SSSR count). The van der Waals surface area contributed by atoms with Gasteiger partial charge in [0, 0.05) is 13.0 Å². The number of thiazole rings is 1. The summed E-state index contributed by atoms with van der Waals surface area (Å²) in [4.78, 5) is 18.8. The van der Waals surface area contributed by atoms with Crippen molar-refractivity contribution in [2.24, 2.45) is 5.92 Å². The largest absolute Gasteiger partial charge is 0.464 e. The normalized spacial score (nSPS) is 20.9. The van der Waals surface area contributed by atoms with Gasteiger partial charge in [0.05, 0.1) is 17.7 Å². The predicted molar refractivity (Wildman–Crippen MR) is 77.9 cm³/mol. The summed E-state index contributed by atoms with van der Waals surface area (Å²) in [5, 5.41) is 0. The van der Waals surface area contributed by atoms with Crippen LogP contribution in [0, 0.1) is 12.8 Å². The van der Waals surface area contributed by atoms with Crippen LogP contribution in [-0.2, 0) is 6.54 Å². The van der Waals surface area contributed by atoms with E-state index in [2.05, 4.69) is 11.9 Å². The van der Waals surface area contributed by atoms with Crippen molar-refractivity contribution >= 4 is 17.2 Å². The van der Waals surface area contributed by atoms with Gasteiger partial charge in [-0.15, -0.1) is 11.3 Å². The molecule has 1 aliphatic carbocycles. The van der Waals surface area contributed by atoms with Gasteiger partial charge < -0.3 is 9.32 Å². The molecule has 2 aromatic heterocycles. The van der Waals surface area contributed by atoms with Crippen molar-refractivity contribution in [3.63, 3.8) is 0 Å². The Bertz CT molecular complexity index is 631. The number of furan rings is 1. The first-order chi connectivity index (χ1) is 9.56. The molecular formula is C15H18N2O2S. The average Bonchev–Trinajstić information content (AvgIpc) is 2.81. The molecule has 0 saturated heterocycles. The van der Waals surface area contributed by atoms with Crippen LogP contribution in [0.25, 0.3) is 0 Å². The molecule has 0 aliphatic heterocycles. The van der Waals surface area contributed by atoms with Gasteiger partial charge in [-0.3, -0.25) is 4.79 Å². The van der Waals surface area contributed by atoms with Gasteiger partial charge in [-0.25, -0.2) is 4.98 Å². The predicted octanol–water partition coefficient (Wildman–Crippen LogP) is 3.44. The molecule has 2 atom stereocenters. The van der Waals surface area contributed by atoms with Gasteiger partial charge in [0.2, 0.25) is 0 Å². The Hall–Kier alpha value is -1.62. The molecule has 4 nitrogen and oxygen atoms in total. The van der Waals surface area contributed by atoms with Crippen molar-refractivity contribution < 1.29 is 9.21 Å². The summed E-state index contributed by atoms with van der Waals surface area (Å²) in [6.07, 6.45) is 1.21. The minimum absolute atomic E-state index is 0.00254. The lowest BCUT2D eigenvalue weighted by atomic mass is 10.3. The number of carbonyl (C=O) groups excluding carboxylic acids is 1. The summed E-state index contributed by atoms with van der Waals surface area (Å²) >= 11 is 1.38. The van der Waals surface area contributed by atoms with Crippen molar-refractivity contribution in [1.82, 2.24) is 9.88 Å². The molecule has 0 radical (unpaired) electrons. The number of aryl methyl sites for hydroxylation is 1. The smallest absolute Gasteiger partial charge is 0.265 e. The van der Waals surface area contributed by atoms with Crippen molar-refractivity contribution in [2.75, 3.05) is 7.05 Å². The Labute approximate surface area is 122 Å². The number of hydrogen-bond acceptors (Lipinski definition) is 4. The maximum Gasteiger partial charge on any atom is 0.265 e. The third kappa shape index (κ3) is 2.50. The third-order valence-corrected chi connectivity index (χ3v) is 4.75. The number of rotatable bonds is 4. The molecule has 2 aromatic rings. The first-order valence-electron chi connectivity index (χ1n) is 6.80. The van der Waals surface area contributed by atoms with Crippen molar-refractivity contribution in [2.45, 2.75) is 32.7 Å². The Morgan fingerprint density at radius 2 is 2.30 bits per heavy atom. The second-order valence-corrected chi connectivity index (χ2v) is 6.41. The molecular weight excluding hydrogens is 272 g/mol. The van der Waals surface area contributed by atoms with Crippen LogP contribution in [0.15, 0.2) is 22.1 Å². The molecule has 1 saturated carbocycles. The molecule has 2 heterocycles. The monoisotopic (exact) mass is 290 g/mol. The van der Waals surface area contributed by atoms with E-state index in [1.807, 2.05) is 19.1 Å². The van der Waals surface area contributed by atoms with Gasteiger partial charge >= 0.3 is 0 Å². The SMILES string of the molecule is Cc1ncsc1C(=O)N(C)Cc1ccc(C2CC2C)o1.